The first kappa shape index (κ1) is 16.7. The molecular formula is C18H21N3O2S. The summed E-state index contributed by atoms with van der Waals surface area (Å²) < 4.78 is 0. The van der Waals surface area contributed by atoms with E-state index in [4.69, 9.17) is 0 Å². The van der Waals surface area contributed by atoms with Crippen LogP contribution in [0.2, 0.25) is 0 Å². The average Bonchev–Trinajstić information content (AvgIpc) is 3.25. The third-order valence-electron chi connectivity index (χ3n) is 4.13. The van der Waals surface area contributed by atoms with Gasteiger partial charge in [0.2, 0.25) is 5.91 Å². The number of nitrogens with zero attached hydrogens (tertiary/aromatic N) is 1. The molecule has 0 radical (unpaired) electrons. The number of rotatable bonds is 5. The summed E-state index contributed by atoms with van der Waals surface area (Å²) in [6.07, 6.45) is 2.14. The molecule has 1 saturated heterocycles. The van der Waals surface area contributed by atoms with Gasteiger partial charge in [-0.25, -0.2) is 4.79 Å². The van der Waals surface area contributed by atoms with Crippen LogP contribution in [0.3, 0.4) is 0 Å². The Morgan fingerprint density at radius 1 is 1.17 bits per heavy atom. The number of benzene rings is 1. The molecule has 24 heavy (non-hydrogen) atoms. The van der Waals surface area contributed by atoms with Crippen molar-refractivity contribution in [3.05, 3.63) is 58.3 Å². The summed E-state index contributed by atoms with van der Waals surface area (Å²) >= 11 is 1.72. The van der Waals surface area contributed by atoms with Gasteiger partial charge < -0.3 is 5.32 Å². The summed E-state index contributed by atoms with van der Waals surface area (Å²) in [4.78, 5) is 27.4. The molecule has 2 N–H and O–H groups in total. The summed E-state index contributed by atoms with van der Waals surface area (Å²) in [6.45, 7) is 1.55. The van der Waals surface area contributed by atoms with Gasteiger partial charge in [-0.15, -0.1) is 11.3 Å². The van der Waals surface area contributed by atoms with Crippen LogP contribution in [0.4, 0.5) is 4.79 Å². The SMILES string of the molecule is O=C(CN1CCCC1c1cccs1)NC(=O)NCc1ccccc1. The Labute approximate surface area is 145 Å². The first-order valence-corrected chi connectivity index (χ1v) is 8.99. The van der Waals surface area contributed by atoms with Crippen LogP contribution >= 0.6 is 11.3 Å². The smallest absolute Gasteiger partial charge is 0.321 e. The highest BCUT2D eigenvalue weighted by Crippen LogP contribution is 2.33. The lowest BCUT2D eigenvalue weighted by Crippen LogP contribution is -2.44. The number of hydrogen-bond acceptors (Lipinski definition) is 4. The van der Waals surface area contributed by atoms with Gasteiger partial charge in [-0.3, -0.25) is 15.0 Å². The van der Waals surface area contributed by atoms with Crippen molar-refractivity contribution in [1.82, 2.24) is 15.5 Å². The van der Waals surface area contributed by atoms with Gasteiger partial charge in [0.15, 0.2) is 0 Å². The molecule has 1 atom stereocenters. The Morgan fingerprint density at radius 2 is 2.00 bits per heavy atom. The highest BCUT2D eigenvalue weighted by atomic mass is 32.1. The number of imide groups is 1. The van der Waals surface area contributed by atoms with E-state index < -0.39 is 6.03 Å². The molecule has 0 saturated carbocycles. The van der Waals surface area contributed by atoms with Crippen LogP contribution in [0, 0.1) is 0 Å². The first-order valence-electron chi connectivity index (χ1n) is 8.11. The Kier molecular flexibility index (Phi) is 5.61. The lowest BCUT2D eigenvalue weighted by molar-refractivity contribution is -0.121. The van der Waals surface area contributed by atoms with Crippen LogP contribution < -0.4 is 10.6 Å². The minimum absolute atomic E-state index is 0.251. The largest absolute Gasteiger partial charge is 0.334 e. The summed E-state index contributed by atoms with van der Waals surface area (Å²) in [5, 5.41) is 7.18. The van der Waals surface area contributed by atoms with Crippen LogP contribution in [0.5, 0.6) is 0 Å². The van der Waals surface area contributed by atoms with Gasteiger partial charge in [-0.1, -0.05) is 36.4 Å². The van der Waals surface area contributed by atoms with Crippen LogP contribution in [-0.2, 0) is 11.3 Å². The van der Waals surface area contributed by atoms with Crippen molar-refractivity contribution in [3.63, 3.8) is 0 Å². The molecule has 3 amide bonds. The molecule has 126 valence electrons. The number of urea groups is 1. The average molecular weight is 343 g/mol. The topological polar surface area (TPSA) is 61.4 Å². The van der Waals surface area contributed by atoms with E-state index in [1.165, 1.54) is 4.88 Å². The second-order valence-corrected chi connectivity index (χ2v) is 6.84. The highest BCUT2D eigenvalue weighted by Gasteiger charge is 2.28. The minimum Gasteiger partial charge on any atom is -0.334 e. The maximum absolute atomic E-state index is 12.1. The number of thiophene rings is 1. The summed E-state index contributed by atoms with van der Waals surface area (Å²) in [5.74, 6) is -0.260. The molecule has 2 heterocycles. The number of likely N-dealkylation sites (tertiary alicyclic amines) is 1. The summed E-state index contributed by atoms with van der Waals surface area (Å²) in [5.41, 5.74) is 0.998. The van der Waals surface area contributed by atoms with E-state index in [1.54, 1.807) is 11.3 Å². The summed E-state index contributed by atoms with van der Waals surface area (Å²) in [6, 6.07) is 13.6. The van der Waals surface area contributed by atoms with Gasteiger partial charge >= 0.3 is 6.03 Å². The van der Waals surface area contributed by atoms with Crippen molar-refractivity contribution in [2.24, 2.45) is 0 Å². The minimum atomic E-state index is -0.448. The van der Waals surface area contributed by atoms with Gasteiger partial charge in [0.05, 0.1) is 6.54 Å². The maximum Gasteiger partial charge on any atom is 0.321 e. The fraction of sp³-hybridized carbons (Fsp3) is 0.333. The van der Waals surface area contributed by atoms with Gasteiger partial charge in [0.1, 0.15) is 0 Å². The molecular weight excluding hydrogens is 322 g/mol. The van der Waals surface area contributed by atoms with E-state index in [0.29, 0.717) is 12.6 Å². The molecule has 1 aliphatic rings. The summed E-state index contributed by atoms with van der Waals surface area (Å²) in [7, 11) is 0. The van der Waals surface area contributed by atoms with E-state index in [1.807, 2.05) is 36.4 Å². The fourth-order valence-electron chi connectivity index (χ4n) is 2.99. The second kappa shape index (κ2) is 8.08. The van der Waals surface area contributed by atoms with Crippen molar-refractivity contribution in [2.75, 3.05) is 13.1 Å². The molecule has 2 aromatic rings. The standard InChI is InChI=1S/C18H21N3O2S/c22-17(20-18(23)19-12-14-6-2-1-3-7-14)13-21-10-4-8-15(21)16-9-5-11-24-16/h1-3,5-7,9,11,15H,4,8,10,12-13H2,(H2,19,20,22,23). The number of nitrogens with one attached hydrogen (secondary N) is 2. The van der Waals surface area contributed by atoms with Crippen LogP contribution in [-0.4, -0.2) is 29.9 Å². The number of amides is 3. The first-order chi connectivity index (χ1) is 11.7. The van der Waals surface area contributed by atoms with Gasteiger partial charge in [-0.05, 0) is 36.4 Å². The number of carbonyl (C=O) groups excluding carboxylic acids is 2. The van der Waals surface area contributed by atoms with Gasteiger partial charge in [0, 0.05) is 17.5 Å². The second-order valence-electron chi connectivity index (χ2n) is 5.86. The predicted molar refractivity (Wildman–Crippen MR) is 94.7 cm³/mol. The van der Waals surface area contributed by atoms with Crippen molar-refractivity contribution in [1.29, 1.82) is 0 Å². The van der Waals surface area contributed by atoms with E-state index in [9.17, 15) is 9.59 Å². The third kappa shape index (κ3) is 4.43. The van der Waals surface area contributed by atoms with Crippen LogP contribution in [0.15, 0.2) is 47.8 Å². The van der Waals surface area contributed by atoms with Crippen LogP contribution in [0.25, 0.3) is 0 Å². The van der Waals surface area contributed by atoms with E-state index in [-0.39, 0.29) is 12.5 Å². The molecule has 5 nitrogen and oxygen atoms in total. The fourth-order valence-corrected chi connectivity index (χ4v) is 3.89. The lowest BCUT2D eigenvalue weighted by atomic mass is 10.2. The monoisotopic (exact) mass is 343 g/mol. The molecule has 1 unspecified atom stereocenters. The highest BCUT2D eigenvalue weighted by molar-refractivity contribution is 7.10. The number of hydrogen-bond donors (Lipinski definition) is 2. The molecule has 1 fully saturated rings. The predicted octanol–water partition coefficient (Wildman–Crippen LogP) is 2.91. The van der Waals surface area contributed by atoms with Gasteiger partial charge in [-0.2, -0.15) is 0 Å². The molecule has 0 bridgehead atoms. The van der Waals surface area contributed by atoms with Crippen molar-refractivity contribution < 1.29 is 9.59 Å². The van der Waals surface area contributed by atoms with Crippen LogP contribution in [0.1, 0.15) is 29.3 Å². The van der Waals surface area contributed by atoms with Gasteiger partial charge in [0.25, 0.3) is 0 Å². The van der Waals surface area contributed by atoms with E-state index in [2.05, 4.69) is 27.0 Å². The molecule has 6 heteroatoms. The van der Waals surface area contributed by atoms with Crippen molar-refractivity contribution in [2.45, 2.75) is 25.4 Å². The molecule has 1 aliphatic heterocycles. The van der Waals surface area contributed by atoms with Crippen molar-refractivity contribution >= 4 is 23.3 Å². The van der Waals surface area contributed by atoms with E-state index in [0.717, 1.165) is 24.9 Å². The molecule has 1 aromatic carbocycles. The lowest BCUT2D eigenvalue weighted by Gasteiger charge is -2.22. The normalized spacial score (nSPS) is 17.6. The third-order valence-corrected chi connectivity index (χ3v) is 5.10. The quantitative estimate of drug-likeness (QED) is 0.877. The molecule has 0 spiro atoms. The maximum atomic E-state index is 12.1. The molecule has 3 rings (SSSR count). The zero-order valence-corrected chi connectivity index (χ0v) is 14.2. The Hall–Kier alpha value is -2.18. The number of carbonyl (C=O) groups is 2. The van der Waals surface area contributed by atoms with E-state index >= 15 is 0 Å². The zero-order chi connectivity index (χ0) is 16.8. The molecule has 0 aliphatic carbocycles. The Bertz CT molecular complexity index is 673. The molecule has 1 aromatic heterocycles. The van der Waals surface area contributed by atoms with Crippen molar-refractivity contribution in [3.8, 4) is 0 Å². The zero-order valence-electron chi connectivity index (χ0n) is 13.4. The Morgan fingerprint density at radius 3 is 2.75 bits per heavy atom. The Balaban J connectivity index is 1.45.